The van der Waals surface area contributed by atoms with Crippen LogP contribution in [0.1, 0.15) is 6.42 Å². The summed E-state index contributed by atoms with van der Waals surface area (Å²) < 4.78 is 13.6. The molecule has 0 radical (unpaired) electrons. The molecule has 13 heavy (non-hydrogen) atoms. The second-order valence-corrected chi connectivity index (χ2v) is 2.51. The van der Waals surface area contributed by atoms with Crippen molar-refractivity contribution in [3.05, 3.63) is 32.9 Å². The zero-order valence-electron chi connectivity index (χ0n) is 6.79. The third-order valence-corrected chi connectivity index (χ3v) is 1.52. The maximum absolute atomic E-state index is 12.6. The Balaban J connectivity index is 3.02. The monoisotopic (exact) mass is 188 g/mol. The van der Waals surface area contributed by atoms with E-state index in [9.17, 15) is 14.0 Å². The van der Waals surface area contributed by atoms with Crippen molar-refractivity contribution in [2.75, 3.05) is 6.61 Å². The van der Waals surface area contributed by atoms with Crippen LogP contribution in [-0.4, -0.2) is 21.3 Å². The van der Waals surface area contributed by atoms with E-state index in [1.54, 1.807) is 0 Å². The van der Waals surface area contributed by atoms with Crippen LogP contribution >= 0.6 is 0 Å². The third kappa shape index (κ3) is 2.25. The molecular formula is C7H9FN2O3. The van der Waals surface area contributed by atoms with Crippen molar-refractivity contribution in [3.8, 4) is 0 Å². The minimum atomic E-state index is -1.02. The first-order valence-electron chi connectivity index (χ1n) is 3.75. The van der Waals surface area contributed by atoms with Gasteiger partial charge >= 0.3 is 5.69 Å². The van der Waals surface area contributed by atoms with Crippen LogP contribution in [-0.2, 0) is 6.54 Å². The number of halogens is 1. The zero-order valence-corrected chi connectivity index (χ0v) is 6.79. The van der Waals surface area contributed by atoms with Gasteiger partial charge in [0.2, 0.25) is 5.82 Å². The highest BCUT2D eigenvalue weighted by molar-refractivity contribution is 4.86. The number of hydrogen-bond acceptors (Lipinski definition) is 3. The Labute approximate surface area is 72.5 Å². The molecule has 0 amide bonds. The largest absolute Gasteiger partial charge is 0.396 e. The average molecular weight is 188 g/mol. The number of aliphatic hydroxyl groups excluding tert-OH is 1. The number of hydrogen-bond donors (Lipinski definition) is 2. The van der Waals surface area contributed by atoms with E-state index in [0.717, 1.165) is 10.8 Å². The molecule has 5 nitrogen and oxygen atoms in total. The van der Waals surface area contributed by atoms with E-state index in [0.29, 0.717) is 6.42 Å². The van der Waals surface area contributed by atoms with Gasteiger partial charge in [0.15, 0.2) is 0 Å². The molecule has 0 saturated carbocycles. The smallest absolute Gasteiger partial charge is 0.328 e. The highest BCUT2D eigenvalue weighted by Crippen LogP contribution is 1.86. The number of nitrogens with zero attached hydrogens (tertiary/aromatic N) is 1. The Kier molecular flexibility index (Phi) is 2.97. The standard InChI is InChI=1S/C7H9FN2O3/c8-5-4-10(2-1-3-11)7(13)9-6(5)12/h4,11H,1-3H2,(H,9,12,13). The Hall–Kier alpha value is -1.43. The molecule has 1 aromatic rings. The van der Waals surface area contributed by atoms with Crippen LogP contribution in [0.15, 0.2) is 15.8 Å². The maximum atomic E-state index is 12.6. The highest BCUT2D eigenvalue weighted by atomic mass is 19.1. The normalized spacial score (nSPS) is 10.3. The van der Waals surface area contributed by atoms with Gasteiger partial charge in [0.1, 0.15) is 0 Å². The van der Waals surface area contributed by atoms with E-state index in [4.69, 9.17) is 5.11 Å². The molecule has 1 aromatic heterocycles. The fourth-order valence-corrected chi connectivity index (χ4v) is 0.890. The number of rotatable bonds is 3. The van der Waals surface area contributed by atoms with Crippen LogP contribution in [0.25, 0.3) is 0 Å². The molecule has 2 N–H and O–H groups in total. The molecule has 1 heterocycles. The lowest BCUT2D eigenvalue weighted by Crippen LogP contribution is -2.31. The summed E-state index contributed by atoms with van der Waals surface area (Å²) in [4.78, 5) is 23.3. The predicted molar refractivity (Wildman–Crippen MR) is 43.0 cm³/mol. The first-order valence-corrected chi connectivity index (χ1v) is 3.75. The number of aliphatic hydroxyl groups is 1. The van der Waals surface area contributed by atoms with Crippen LogP contribution in [0.2, 0.25) is 0 Å². The van der Waals surface area contributed by atoms with Crippen LogP contribution in [0.3, 0.4) is 0 Å². The summed E-state index contributed by atoms with van der Waals surface area (Å²) in [5, 5.41) is 8.46. The lowest BCUT2D eigenvalue weighted by atomic mass is 10.4. The minimum absolute atomic E-state index is 0.0901. The van der Waals surface area contributed by atoms with Gasteiger partial charge in [-0.1, -0.05) is 0 Å². The molecule has 0 fully saturated rings. The second kappa shape index (κ2) is 3.99. The molecule has 0 aliphatic rings. The first-order chi connectivity index (χ1) is 6.15. The fourth-order valence-electron chi connectivity index (χ4n) is 0.890. The number of aromatic nitrogens is 2. The van der Waals surface area contributed by atoms with Gasteiger partial charge in [0.25, 0.3) is 5.56 Å². The van der Waals surface area contributed by atoms with Crippen molar-refractivity contribution >= 4 is 0 Å². The second-order valence-electron chi connectivity index (χ2n) is 2.51. The van der Waals surface area contributed by atoms with Gasteiger partial charge in [-0.2, -0.15) is 4.39 Å². The third-order valence-electron chi connectivity index (χ3n) is 1.52. The van der Waals surface area contributed by atoms with Crippen LogP contribution in [0, 0.1) is 5.82 Å². The SMILES string of the molecule is O=c1[nH]c(=O)n(CCCO)cc1F. The highest BCUT2D eigenvalue weighted by Gasteiger charge is 2.02. The topological polar surface area (TPSA) is 75.1 Å². The summed E-state index contributed by atoms with van der Waals surface area (Å²) in [7, 11) is 0. The fraction of sp³-hybridized carbons (Fsp3) is 0.429. The molecule has 0 unspecified atom stereocenters. The van der Waals surface area contributed by atoms with E-state index in [-0.39, 0.29) is 13.2 Å². The number of aryl methyl sites for hydroxylation is 1. The molecule has 0 aliphatic heterocycles. The summed E-state index contributed by atoms with van der Waals surface area (Å²) in [5.41, 5.74) is -1.69. The van der Waals surface area contributed by atoms with Crippen LogP contribution in [0.5, 0.6) is 0 Å². The summed E-state index contributed by atoms with van der Waals surface area (Å²) in [5.74, 6) is -1.00. The van der Waals surface area contributed by atoms with Gasteiger partial charge < -0.3 is 5.11 Å². The van der Waals surface area contributed by atoms with Crippen molar-refractivity contribution < 1.29 is 9.50 Å². The van der Waals surface area contributed by atoms with Crippen LogP contribution < -0.4 is 11.2 Å². The lowest BCUT2D eigenvalue weighted by Gasteiger charge is -2.01. The Morgan fingerprint density at radius 1 is 1.54 bits per heavy atom. The zero-order chi connectivity index (χ0) is 9.84. The van der Waals surface area contributed by atoms with Gasteiger partial charge in [-0.25, -0.2) is 4.79 Å². The number of H-pyrrole nitrogens is 1. The van der Waals surface area contributed by atoms with Crippen molar-refractivity contribution in [1.29, 1.82) is 0 Å². The first kappa shape index (κ1) is 9.66. The van der Waals surface area contributed by atoms with Crippen molar-refractivity contribution in [3.63, 3.8) is 0 Å². The van der Waals surface area contributed by atoms with E-state index in [1.807, 2.05) is 4.98 Å². The van der Waals surface area contributed by atoms with Crippen molar-refractivity contribution in [2.45, 2.75) is 13.0 Å². The predicted octanol–water partition coefficient (Wildman–Crippen LogP) is -0.942. The molecular weight excluding hydrogens is 179 g/mol. The Bertz CT molecular complexity index is 395. The summed E-state index contributed by atoms with van der Waals surface area (Å²) in [6.07, 6.45) is 1.17. The van der Waals surface area contributed by atoms with Crippen molar-refractivity contribution in [1.82, 2.24) is 9.55 Å². The quantitative estimate of drug-likeness (QED) is 0.642. The molecule has 0 atom stereocenters. The molecule has 0 aromatic carbocycles. The molecule has 72 valence electrons. The summed E-state index contributed by atoms with van der Waals surface area (Å²) in [6.45, 7) is 0.0935. The number of aromatic amines is 1. The molecule has 0 aliphatic carbocycles. The van der Waals surface area contributed by atoms with E-state index in [1.165, 1.54) is 0 Å². The van der Waals surface area contributed by atoms with Crippen LogP contribution in [0.4, 0.5) is 4.39 Å². The number of nitrogens with one attached hydrogen (secondary N) is 1. The molecule has 0 saturated heterocycles. The molecule has 1 rings (SSSR count). The van der Waals surface area contributed by atoms with E-state index >= 15 is 0 Å². The van der Waals surface area contributed by atoms with E-state index < -0.39 is 17.1 Å². The molecule has 0 bridgehead atoms. The average Bonchev–Trinajstić information content (AvgIpc) is 2.09. The summed E-state index contributed by atoms with van der Waals surface area (Å²) >= 11 is 0. The lowest BCUT2D eigenvalue weighted by molar-refractivity contribution is 0.278. The Morgan fingerprint density at radius 2 is 2.23 bits per heavy atom. The van der Waals surface area contributed by atoms with Gasteiger partial charge in [-0.05, 0) is 6.42 Å². The van der Waals surface area contributed by atoms with Gasteiger partial charge in [-0.3, -0.25) is 14.3 Å². The Morgan fingerprint density at radius 3 is 2.85 bits per heavy atom. The summed E-state index contributed by atoms with van der Waals surface area (Å²) in [6, 6.07) is 0. The minimum Gasteiger partial charge on any atom is -0.396 e. The van der Waals surface area contributed by atoms with Gasteiger partial charge in [0, 0.05) is 13.2 Å². The van der Waals surface area contributed by atoms with Crippen molar-refractivity contribution in [2.24, 2.45) is 0 Å². The molecule has 0 spiro atoms. The van der Waals surface area contributed by atoms with Gasteiger partial charge in [0.05, 0.1) is 6.20 Å². The molecule has 6 heteroatoms. The van der Waals surface area contributed by atoms with Gasteiger partial charge in [-0.15, -0.1) is 0 Å². The maximum Gasteiger partial charge on any atom is 0.328 e. The van der Waals surface area contributed by atoms with E-state index in [2.05, 4.69) is 0 Å².